The molecule has 0 unspecified atom stereocenters. The van der Waals surface area contributed by atoms with Crippen molar-refractivity contribution in [3.05, 3.63) is 24.3 Å². The van der Waals surface area contributed by atoms with Crippen LogP contribution in [0.5, 0.6) is 5.75 Å². The number of aromatic hydroxyl groups is 1. The summed E-state index contributed by atoms with van der Waals surface area (Å²) in [6.45, 7) is 4.05. The van der Waals surface area contributed by atoms with E-state index in [2.05, 4.69) is 12.2 Å². The third-order valence-electron chi connectivity index (χ3n) is 2.57. The number of amides is 1. The normalized spacial score (nSPS) is 12.1. The average Bonchev–Trinajstić information content (AvgIpc) is 2.29. The summed E-state index contributed by atoms with van der Waals surface area (Å²) in [4.78, 5) is 11.7. The number of hydrogen-bond acceptors (Lipinski definition) is 2. The fourth-order valence-electron chi connectivity index (χ4n) is 1.45. The van der Waals surface area contributed by atoms with Crippen LogP contribution in [0.2, 0.25) is 0 Å². The van der Waals surface area contributed by atoms with E-state index in [4.69, 9.17) is 5.11 Å². The van der Waals surface area contributed by atoms with Gasteiger partial charge in [0.2, 0.25) is 5.91 Å². The molecule has 1 rings (SSSR count). The van der Waals surface area contributed by atoms with E-state index >= 15 is 0 Å². The number of phenolic OH excluding ortho intramolecular Hbond substituents is 1. The minimum absolute atomic E-state index is 0.0359. The maximum atomic E-state index is 11.7. The second kappa shape index (κ2) is 6.16. The standard InChI is InChI=1S/C13H19NO2/c1-3-4-5-10(2)13(16)14-11-6-8-12(15)9-7-11/h6-10,15H,3-5H2,1-2H3,(H,14,16)/t10-/m1/s1. The Hall–Kier alpha value is -1.51. The minimum atomic E-state index is 0.0359. The molecule has 0 radical (unpaired) electrons. The summed E-state index contributed by atoms with van der Waals surface area (Å²) in [5, 5.41) is 11.9. The summed E-state index contributed by atoms with van der Waals surface area (Å²) < 4.78 is 0. The first-order valence-corrected chi connectivity index (χ1v) is 5.73. The summed E-state index contributed by atoms with van der Waals surface area (Å²) in [5.41, 5.74) is 0.728. The van der Waals surface area contributed by atoms with Gasteiger partial charge in [0, 0.05) is 11.6 Å². The number of rotatable bonds is 5. The molecule has 88 valence electrons. The monoisotopic (exact) mass is 221 g/mol. The van der Waals surface area contributed by atoms with Gasteiger partial charge in [-0.25, -0.2) is 0 Å². The quantitative estimate of drug-likeness (QED) is 0.750. The second-order valence-corrected chi connectivity index (χ2v) is 4.08. The van der Waals surface area contributed by atoms with Crippen molar-refractivity contribution in [1.82, 2.24) is 0 Å². The first kappa shape index (κ1) is 12.6. The molecule has 0 aliphatic rings. The van der Waals surface area contributed by atoms with Crippen LogP contribution in [-0.2, 0) is 4.79 Å². The lowest BCUT2D eigenvalue weighted by atomic mass is 10.0. The van der Waals surface area contributed by atoms with E-state index in [1.807, 2.05) is 6.92 Å². The Bertz CT molecular complexity index is 332. The summed E-state index contributed by atoms with van der Waals surface area (Å²) in [6.07, 6.45) is 3.10. The Morgan fingerprint density at radius 3 is 2.56 bits per heavy atom. The maximum Gasteiger partial charge on any atom is 0.227 e. The molecule has 16 heavy (non-hydrogen) atoms. The average molecular weight is 221 g/mol. The van der Waals surface area contributed by atoms with Gasteiger partial charge in [0.05, 0.1) is 0 Å². The zero-order valence-electron chi connectivity index (χ0n) is 9.86. The zero-order chi connectivity index (χ0) is 12.0. The third-order valence-corrected chi connectivity index (χ3v) is 2.57. The van der Waals surface area contributed by atoms with Gasteiger partial charge in [-0.15, -0.1) is 0 Å². The van der Waals surface area contributed by atoms with E-state index in [0.29, 0.717) is 0 Å². The molecule has 3 heteroatoms. The molecule has 1 aromatic carbocycles. The molecule has 0 saturated carbocycles. The zero-order valence-corrected chi connectivity index (χ0v) is 9.86. The molecule has 0 spiro atoms. The van der Waals surface area contributed by atoms with Crippen molar-refractivity contribution >= 4 is 11.6 Å². The molecule has 0 aromatic heterocycles. The topological polar surface area (TPSA) is 49.3 Å². The lowest BCUT2D eigenvalue weighted by molar-refractivity contribution is -0.119. The molecule has 1 atom stereocenters. The van der Waals surface area contributed by atoms with Gasteiger partial charge in [0.1, 0.15) is 5.75 Å². The van der Waals surface area contributed by atoms with E-state index in [1.54, 1.807) is 24.3 Å². The molecule has 0 bridgehead atoms. The van der Waals surface area contributed by atoms with Crippen molar-refractivity contribution in [2.45, 2.75) is 33.1 Å². The van der Waals surface area contributed by atoms with E-state index in [9.17, 15) is 4.79 Å². The molecular weight excluding hydrogens is 202 g/mol. The van der Waals surface area contributed by atoms with E-state index < -0.39 is 0 Å². The SMILES string of the molecule is CCCC[C@@H](C)C(=O)Nc1ccc(O)cc1. The fraction of sp³-hybridized carbons (Fsp3) is 0.462. The van der Waals surface area contributed by atoms with Crippen LogP contribution in [0.3, 0.4) is 0 Å². The molecule has 0 saturated heterocycles. The van der Waals surface area contributed by atoms with Crippen molar-refractivity contribution in [2.75, 3.05) is 5.32 Å². The largest absolute Gasteiger partial charge is 0.508 e. The number of phenols is 1. The molecule has 2 N–H and O–H groups in total. The summed E-state index contributed by atoms with van der Waals surface area (Å²) in [7, 11) is 0. The van der Waals surface area contributed by atoms with E-state index in [-0.39, 0.29) is 17.6 Å². The molecule has 0 aliphatic carbocycles. The van der Waals surface area contributed by atoms with E-state index in [1.165, 1.54) is 0 Å². The molecule has 0 aliphatic heterocycles. The number of nitrogens with one attached hydrogen (secondary N) is 1. The number of carbonyl (C=O) groups excluding carboxylic acids is 1. The van der Waals surface area contributed by atoms with Gasteiger partial charge in [-0.1, -0.05) is 26.7 Å². The van der Waals surface area contributed by atoms with Crippen LogP contribution in [0.25, 0.3) is 0 Å². The smallest absolute Gasteiger partial charge is 0.227 e. The number of carbonyl (C=O) groups is 1. The number of unbranched alkanes of at least 4 members (excludes halogenated alkanes) is 1. The Morgan fingerprint density at radius 2 is 2.00 bits per heavy atom. The first-order valence-electron chi connectivity index (χ1n) is 5.73. The van der Waals surface area contributed by atoms with Crippen molar-refractivity contribution in [2.24, 2.45) is 5.92 Å². The van der Waals surface area contributed by atoms with Crippen molar-refractivity contribution < 1.29 is 9.90 Å². The predicted octanol–water partition coefficient (Wildman–Crippen LogP) is 3.16. The molecule has 1 amide bonds. The molecule has 0 heterocycles. The van der Waals surface area contributed by atoms with E-state index in [0.717, 1.165) is 24.9 Å². The lowest BCUT2D eigenvalue weighted by Gasteiger charge is -2.11. The molecule has 3 nitrogen and oxygen atoms in total. The van der Waals surface area contributed by atoms with Gasteiger partial charge in [-0.05, 0) is 30.7 Å². The first-order chi connectivity index (χ1) is 7.63. The highest BCUT2D eigenvalue weighted by Gasteiger charge is 2.11. The summed E-state index contributed by atoms with van der Waals surface area (Å²) in [5.74, 6) is 0.282. The predicted molar refractivity (Wildman–Crippen MR) is 65.4 cm³/mol. The second-order valence-electron chi connectivity index (χ2n) is 4.08. The lowest BCUT2D eigenvalue weighted by Crippen LogP contribution is -2.20. The fourth-order valence-corrected chi connectivity index (χ4v) is 1.45. The van der Waals surface area contributed by atoms with Crippen LogP contribution < -0.4 is 5.32 Å². The van der Waals surface area contributed by atoms with Crippen LogP contribution in [0, 0.1) is 5.92 Å². The number of anilines is 1. The van der Waals surface area contributed by atoms with Crippen molar-refractivity contribution in [3.63, 3.8) is 0 Å². The van der Waals surface area contributed by atoms with Gasteiger partial charge in [-0.3, -0.25) is 4.79 Å². The Morgan fingerprint density at radius 1 is 1.38 bits per heavy atom. The minimum Gasteiger partial charge on any atom is -0.508 e. The Balaban J connectivity index is 2.47. The van der Waals surface area contributed by atoms with Crippen LogP contribution in [0.15, 0.2) is 24.3 Å². The number of hydrogen-bond donors (Lipinski definition) is 2. The summed E-state index contributed by atoms with van der Waals surface area (Å²) >= 11 is 0. The van der Waals surface area contributed by atoms with Crippen molar-refractivity contribution in [3.8, 4) is 5.75 Å². The summed E-state index contributed by atoms with van der Waals surface area (Å²) in [6, 6.07) is 6.51. The van der Waals surface area contributed by atoms with Gasteiger partial charge in [0.25, 0.3) is 0 Å². The third kappa shape index (κ3) is 3.93. The highest BCUT2D eigenvalue weighted by Crippen LogP contribution is 2.16. The van der Waals surface area contributed by atoms with Crippen LogP contribution in [-0.4, -0.2) is 11.0 Å². The van der Waals surface area contributed by atoms with Crippen LogP contribution >= 0.6 is 0 Å². The highest BCUT2D eigenvalue weighted by atomic mass is 16.3. The highest BCUT2D eigenvalue weighted by molar-refractivity contribution is 5.92. The van der Waals surface area contributed by atoms with Crippen LogP contribution in [0.1, 0.15) is 33.1 Å². The molecular formula is C13H19NO2. The van der Waals surface area contributed by atoms with Gasteiger partial charge in [0.15, 0.2) is 0 Å². The van der Waals surface area contributed by atoms with Gasteiger partial charge in [-0.2, -0.15) is 0 Å². The van der Waals surface area contributed by atoms with Crippen molar-refractivity contribution in [1.29, 1.82) is 0 Å². The molecule has 0 fully saturated rings. The Kier molecular flexibility index (Phi) is 4.83. The number of benzene rings is 1. The van der Waals surface area contributed by atoms with Gasteiger partial charge >= 0.3 is 0 Å². The molecule has 1 aromatic rings. The Labute approximate surface area is 96.5 Å². The van der Waals surface area contributed by atoms with Gasteiger partial charge < -0.3 is 10.4 Å². The maximum absolute atomic E-state index is 11.7. The van der Waals surface area contributed by atoms with Crippen LogP contribution in [0.4, 0.5) is 5.69 Å².